The van der Waals surface area contributed by atoms with Gasteiger partial charge in [-0.15, -0.1) is 10.2 Å². The molecule has 1 atom stereocenters. The Morgan fingerprint density at radius 1 is 1.13 bits per heavy atom. The van der Waals surface area contributed by atoms with Gasteiger partial charge in [-0.25, -0.2) is 4.98 Å². The molecule has 2 heterocycles. The fourth-order valence-electron chi connectivity index (χ4n) is 3.60. The van der Waals surface area contributed by atoms with Crippen molar-refractivity contribution in [3.63, 3.8) is 0 Å². The Morgan fingerprint density at radius 2 is 1.93 bits per heavy atom. The van der Waals surface area contributed by atoms with Crippen molar-refractivity contribution in [3.05, 3.63) is 59.2 Å². The molecular formula is C23H25N5OS. The molecule has 4 aromatic rings. The first-order valence-electron chi connectivity index (χ1n) is 10.1. The molecule has 7 heteroatoms. The third-order valence-electron chi connectivity index (χ3n) is 5.41. The summed E-state index contributed by atoms with van der Waals surface area (Å²) in [4.78, 5) is 17.2. The number of carbonyl (C=O) groups is 1. The molecule has 0 aliphatic carbocycles. The molecule has 0 radical (unpaired) electrons. The summed E-state index contributed by atoms with van der Waals surface area (Å²) in [5.41, 5.74) is 6.27. The fraction of sp³-hybridized carbons (Fsp3) is 0.304. The van der Waals surface area contributed by atoms with Gasteiger partial charge in [0.25, 0.3) is 0 Å². The van der Waals surface area contributed by atoms with E-state index >= 15 is 0 Å². The summed E-state index contributed by atoms with van der Waals surface area (Å²) < 4.78 is 2.13. The van der Waals surface area contributed by atoms with E-state index in [1.165, 1.54) is 22.9 Å². The predicted molar refractivity (Wildman–Crippen MR) is 122 cm³/mol. The minimum Gasteiger partial charge on any atom is -0.349 e. The van der Waals surface area contributed by atoms with Crippen LogP contribution in [0.25, 0.3) is 22.1 Å². The van der Waals surface area contributed by atoms with Gasteiger partial charge in [-0.2, -0.15) is 0 Å². The van der Waals surface area contributed by atoms with Crippen molar-refractivity contribution in [2.45, 2.75) is 45.4 Å². The lowest BCUT2D eigenvalue weighted by Crippen LogP contribution is -2.28. The highest BCUT2D eigenvalue weighted by Gasteiger charge is 2.15. The van der Waals surface area contributed by atoms with E-state index in [1.54, 1.807) is 0 Å². The van der Waals surface area contributed by atoms with Crippen LogP contribution in [0.4, 0.5) is 0 Å². The van der Waals surface area contributed by atoms with Gasteiger partial charge in [-0.1, -0.05) is 48.2 Å². The van der Waals surface area contributed by atoms with Crippen molar-refractivity contribution in [1.82, 2.24) is 25.1 Å². The lowest BCUT2D eigenvalue weighted by molar-refractivity contribution is -0.119. The third kappa shape index (κ3) is 3.89. The second-order valence-electron chi connectivity index (χ2n) is 7.45. The number of carbonyl (C=O) groups excluding carboxylic acids is 1. The Morgan fingerprint density at radius 3 is 2.70 bits per heavy atom. The zero-order chi connectivity index (χ0) is 21.3. The first kappa shape index (κ1) is 20.3. The summed E-state index contributed by atoms with van der Waals surface area (Å²) in [6.45, 7) is 9.04. The van der Waals surface area contributed by atoms with Crippen molar-refractivity contribution in [3.8, 4) is 0 Å². The van der Waals surface area contributed by atoms with Gasteiger partial charge in [0, 0.05) is 11.9 Å². The third-order valence-corrected chi connectivity index (χ3v) is 6.25. The van der Waals surface area contributed by atoms with Crippen LogP contribution in [0.5, 0.6) is 0 Å². The van der Waals surface area contributed by atoms with E-state index in [2.05, 4.69) is 70.1 Å². The summed E-state index contributed by atoms with van der Waals surface area (Å²) in [7, 11) is 0. The first-order valence-corrected chi connectivity index (χ1v) is 11.1. The number of rotatable bonds is 6. The van der Waals surface area contributed by atoms with Gasteiger partial charge in [0.2, 0.25) is 11.1 Å². The largest absolute Gasteiger partial charge is 0.349 e. The Kier molecular flexibility index (Phi) is 5.72. The molecule has 6 nitrogen and oxygen atoms in total. The van der Waals surface area contributed by atoms with Crippen LogP contribution in [0.3, 0.4) is 0 Å². The van der Waals surface area contributed by atoms with Crippen molar-refractivity contribution >= 4 is 39.7 Å². The van der Waals surface area contributed by atoms with E-state index in [4.69, 9.17) is 0 Å². The molecule has 0 spiro atoms. The monoisotopic (exact) mass is 419 g/mol. The first-order chi connectivity index (χ1) is 14.5. The van der Waals surface area contributed by atoms with Crippen LogP contribution in [0, 0.1) is 13.8 Å². The van der Waals surface area contributed by atoms with E-state index < -0.39 is 0 Å². The van der Waals surface area contributed by atoms with E-state index in [0.717, 1.165) is 34.2 Å². The highest BCUT2D eigenvalue weighted by atomic mass is 32.2. The van der Waals surface area contributed by atoms with Gasteiger partial charge in [0.15, 0.2) is 5.65 Å². The normalized spacial score (nSPS) is 12.4. The maximum Gasteiger partial charge on any atom is 0.230 e. The summed E-state index contributed by atoms with van der Waals surface area (Å²) in [6.07, 6.45) is 0. The van der Waals surface area contributed by atoms with Crippen molar-refractivity contribution in [2.24, 2.45) is 0 Å². The molecular weight excluding hydrogens is 394 g/mol. The average Bonchev–Trinajstić information content (AvgIpc) is 3.07. The van der Waals surface area contributed by atoms with Crippen molar-refractivity contribution < 1.29 is 4.79 Å². The molecule has 0 saturated heterocycles. The van der Waals surface area contributed by atoms with Gasteiger partial charge < -0.3 is 9.88 Å². The number of nitrogens with zero attached hydrogens (tertiary/aromatic N) is 4. The highest BCUT2D eigenvalue weighted by Crippen LogP contribution is 2.27. The number of amides is 1. The molecule has 4 rings (SSSR count). The van der Waals surface area contributed by atoms with Crippen LogP contribution in [0.1, 0.15) is 36.6 Å². The molecule has 30 heavy (non-hydrogen) atoms. The molecule has 0 aliphatic rings. The summed E-state index contributed by atoms with van der Waals surface area (Å²) >= 11 is 1.31. The molecule has 2 aromatic heterocycles. The molecule has 0 unspecified atom stereocenters. The van der Waals surface area contributed by atoms with E-state index in [-0.39, 0.29) is 17.7 Å². The lowest BCUT2D eigenvalue weighted by atomic mass is 10.0. The lowest BCUT2D eigenvalue weighted by Gasteiger charge is -2.15. The quantitative estimate of drug-likeness (QED) is 0.463. The number of para-hydroxylation sites is 1. The Hall–Kier alpha value is -2.93. The van der Waals surface area contributed by atoms with Crippen molar-refractivity contribution in [2.75, 3.05) is 5.75 Å². The summed E-state index contributed by atoms with van der Waals surface area (Å²) in [5.74, 6) is 0.194. The number of hydrogen-bond donors (Lipinski definition) is 1. The van der Waals surface area contributed by atoms with Crippen LogP contribution in [0.15, 0.2) is 47.6 Å². The highest BCUT2D eigenvalue weighted by molar-refractivity contribution is 7.99. The number of thioether (sulfide) groups is 1. The molecule has 154 valence electrons. The fourth-order valence-corrected chi connectivity index (χ4v) is 4.19. The van der Waals surface area contributed by atoms with Gasteiger partial charge in [-0.3, -0.25) is 4.79 Å². The Balaban J connectivity index is 1.47. The maximum atomic E-state index is 12.5. The molecule has 1 amide bonds. The average molecular weight is 420 g/mol. The second kappa shape index (κ2) is 8.44. The number of hydrogen-bond acceptors (Lipinski definition) is 5. The number of benzene rings is 2. The smallest absolute Gasteiger partial charge is 0.230 e. The van der Waals surface area contributed by atoms with Crippen LogP contribution in [-0.2, 0) is 11.3 Å². The summed E-state index contributed by atoms with van der Waals surface area (Å²) in [6, 6.07) is 14.3. The molecule has 1 N–H and O–H groups in total. The zero-order valence-corrected chi connectivity index (χ0v) is 18.5. The Bertz CT molecular complexity index is 1230. The van der Waals surface area contributed by atoms with E-state index in [1.807, 2.05) is 25.1 Å². The second-order valence-corrected chi connectivity index (χ2v) is 8.39. The molecule has 0 saturated carbocycles. The molecule has 0 fully saturated rings. The standard InChI is InChI=1S/C23H25N5OS/c1-5-28-19-9-7-6-8-18(19)21-22(28)25-23(27-26-21)30-13-20(29)24-16(4)17-11-10-14(2)15(3)12-17/h6-12,16H,5,13H2,1-4H3,(H,24,29)/t16-/m0/s1. The van der Waals surface area contributed by atoms with Crippen LogP contribution >= 0.6 is 11.8 Å². The van der Waals surface area contributed by atoms with Gasteiger partial charge in [-0.05, 0) is 50.5 Å². The van der Waals surface area contributed by atoms with Gasteiger partial charge in [0.1, 0.15) is 5.52 Å². The minimum absolute atomic E-state index is 0.0505. The van der Waals surface area contributed by atoms with E-state index in [9.17, 15) is 4.79 Å². The van der Waals surface area contributed by atoms with Gasteiger partial charge >= 0.3 is 0 Å². The maximum absolute atomic E-state index is 12.5. The SMILES string of the molecule is CCn1c2ccccc2c2nnc(SCC(=O)N[C@@H](C)c3ccc(C)c(C)c3)nc21. The number of aromatic nitrogens is 4. The molecule has 2 aromatic carbocycles. The molecule has 0 bridgehead atoms. The van der Waals surface area contributed by atoms with Crippen LogP contribution in [-0.4, -0.2) is 31.4 Å². The number of nitrogens with one attached hydrogen (secondary N) is 1. The predicted octanol–water partition coefficient (Wildman–Crippen LogP) is 4.59. The van der Waals surface area contributed by atoms with Crippen LogP contribution in [0.2, 0.25) is 0 Å². The van der Waals surface area contributed by atoms with E-state index in [0.29, 0.717) is 5.16 Å². The minimum atomic E-state index is -0.0541. The summed E-state index contributed by atoms with van der Waals surface area (Å²) in [5, 5.41) is 13.2. The zero-order valence-electron chi connectivity index (χ0n) is 17.6. The number of fused-ring (bicyclic) bond motifs is 3. The van der Waals surface area contributed by atoms with Crippen molar-refractivity contribution in [1.29, 1.82) is 0 Å². The number of aryl methyl sites for hydroxylation is 3. The Labute approximate surface area is 180 Å². The topological polar surface area (TPSA) is 72.7 Å². The van der Waals surface area contributed by atoms with Crippen LogP contribution < -0.4 is 5.32 Å². The molecule has 0 aliphatic heterocycles. The van der Waals surface area contributed by atoms with Gasteiger partial charge in [0.05, 0.1) is 17.3 Å².